The molecule has 0 N–H and O–H groups in total. The fourth-order valence-corrected chi connectivity index (χ4v) is 3.33. The summed E-state index contributed by atoms with van der Waals surface area (Å²) in [4.78, 5) is 26.3. The van der Waals surface area contributed by atoms with Crippen molar-refractivity contribution < 1.29 is 23.2 Å². The summed E-state index contributed by atoms with van der Waals surface area (Å²) >= 11 is 0. The SMILES string of the molecule is COC(=O)c1cccc(C(=O)N2CCc3onc(-c4ccccc4F)c3C2)c1. The molecule has 0 unspecified atom stereocenters. The minimum atomic E-state index is -0.503. The van der Waals surface area contributed by atoms with E-state index in [1.165, 1.54) is 19.2 Å². The molecule has 0 spiro atoms. The van der Waals surface area contributed by atoms with Crippen molar-refractivity contribution in [1.29, 1.82) is 0 Å². The molecule has 1 aliphatic heterocycles. The van der Waals surface area contributed by atoms with Crippen LogP contribution in [-0.2, 0) is 17.7 Å². The summed E-state index contributed by atoms with van der Waals surface area (Å²) in [6.07, 6.45) is 0.485. The van der Waals surface area contributed by atoms with Crippen molar-refractivity contribution in [2.75, 3.05) is 13.7 Å². The quantitative estimate of drug-likeness (QED) is 0.651. The van der Waals surface area contributed by atoms with Crippen molar-refractivity contribution in [1.82, 2.24) is 10.1 Å². The van der Waals surface area contributed by atoms with E-state index in [4.69, 9.17) is 9.26 Å². The van der Waals surface area contributed by atoms with Crippen LogP contribution in [0.1, 0.15) is 32.0 Å². The van der Waals surface area contributed by atoms with Gasteiger partial charge in [-0.1, -0.05) is 23.4 Å². The Bertz CT molecular complexity index is 1060. The van der Waals surface area contributed by atoms with Crippen molar-refractivity contribution in [3.8, 4) is 11.3 Å². The second-order valence-corrected chi connectivity index (χ2v) is 6.46. The third-order valence-electron chi connectivity index (χ3n) is 4.77. The second kappa shape index (κ2) is 7.26. The molecule has 0 fully saturated rings. The number of amides is 1. The minimum Gasteiger partial charge on any atom is -0.465 e. The molecule has 0 radical (unpaired) electrons. The number of halogens is 1. The minimum absolute atomic E-state index is 0.225. The van der Waals surface area contributed by atoms with Gasteiger partial charge in [-0.05, 0) is 30.3 Å². The fourth-order valence-electron chi connectivity index (χ4n) is 3.33. The highest BCUT2D eigenvalue weighted by molar-refractivity contribution is 5.98. The normalized spacial score (nSPS) is 13.1. The van der Waals surface area contributed by atoms with Gasteiger partial charge in [-0.25, -0.2) is 9.18 Å². The van der Waals surface area contributed by atoms with E-state index in [0.717, 1.165) is 0 Å². The topological polar surface area (TPSA) is 72.6 Å². The van der Waals surface area contributed by atoms with Crippen molar-refractivity contribution in [2.24, 2.45) is 0 Å². The van der Waals surface area contributed by atoms with Gasteiger partial charge in [-0.2, -0.15) is 0 Å². The Morgan fingerprint density at radius 1 is 1.14 bits per heavy atom. The lowest BCUT2D eigenvalue weighted by Gasteiger charge is -2.26. The smallest absolute Gasteiger partial charge is 0.337 e. The summed E-state index contributed by atoms with van der Waals surface area (Å²) < 4.78 is 24.3. The largest absolute Gasteiger partial charge is 0.465 e. The fraction of sp³-hybridized carbons (Fsp3) is 0.190. The molecule has 142 valence electrons. The average Bonchev–Trinajstić information content (AvgIpc) is 3.16. The number of carbonyl (C=O) groups excluding carboxylic acids is 2. The maximum Gasteiger partial charge on any atom is 0.337 e. The maximum absolute atomic E-state index is 14.2. The van der Waals surface area contributed by atoms with Gasteiger partial charge in [0.15, 0.2) is 0 Å². The first-order valence-electron chi connectivity index (χ1n) is 8.78. The highest BCUT2D eigenvalue weighted by Crippen LogP contribution is 2.31. The van der Waals surface area contributed by atoms with Crippen LogP contribution in [0.5, 0.6) is 0 Å². The first-order chi connectivity index (χ1) is 13.6. The molecule has 2 heterocycles. The molecule has 28 heavy (non-hydrogen) atoms. The first-order valence-corrected chi connectivity index (χ1v) is 8.78. The number of hydrogen-bond acceptors (Lipinski definition) is 5. The number of nitrogens with zero attached hydrogens (tertiary/aromatic N) is 2. The summed E-state index contributed by atoms with van der Waals surface area (Å²) in [5.74, 6) is -0.466. The van der Waals surface area contributed by atoms with Crippen LogP contribution < -0.4 is 0 Å². The van der Waals surface area contributed by atoms with Crippen LogP contribution in [0.25, 0.3) is 11.3 Å². The van der Waals surface area contributed by atoms with Crippen LogP contribution in [0, 0.1) is 5.82 Å². The Kier molecular flexibility index (Phi) is 4.65. The molecule has 2 aromatic carbocycles. The molecule has 0 aliphatic carbocycles. The van der Waals surface area contributed by atoms with Gasteiger partial charge in [-0.15, -0.1) is 0 Å². The van der Waals surface area contributed by atoms with E-state index in [9.17, 15) is 14.0 Å². The van der Waals surface area contributed by atoms with E-state index >= 15 is 0 Å². The molecule has 0 bridgehead atoms. The number of hydrogen-bond donors (Lipinski definition) is 0. The molecule has 6 nitrogen and oxygen atoms in total. The van der Waals surface area contributed by atoms with Gasteiger partial charge in [0.05, 0.1) is 19.2 Å². The van der Waals surface area contributed by atoms with Gasteiger partial charge in [0.2, 0.25) is 0 Å². The summed E-state index contributed by atoms with van der Waals surface area (Å²) in [5.41, 5.74) is 2.15. The molecule has 0 saturated carbocycles. The Hall–Kier alpha value is -3.48. The number of ether oxygens (including phenoxy) is 1. The molecule has 0 saturated heterocycles. The van der Waals surface area contributed by atoms with E-state index in [1.54, 1.807) is 41.3 Å². The Morgan fingerprint density at radius 2 is 1.93 bits per heavy atom. The Labute approximate surface area is 160 Å². The number of aromatic nitrogens is 1. The third-order valence-corrected chi connectivity index (χ3v) is 4.77. The second-order valence-electron chi connectivity index (χ2n) is 6.46. The lowest BCUT2D eigenvalue weighted by atomic mass is 10.00. The number of rotatable bonds is 3. The Morgan fingerprint density at radius 3 is 2.71 bits per heavy atom. The zero-order valence-electron chi connectivity index (χ0n) is 15.1. The lowest BCUT2D eigenvalue weighted by Crippen LogP contribution is -2.35. The molecule has 1 amide bonds. The summed E-state index contributed by atoms with van der Waals surface area (Å²) in [6.45, 7) is 0.698. The monoisotopic (exact) mass is 380 g/mol. The third kappa shape index (κ3) is 3.15. The van der Waals surface area contributed by atoms with Gasteiger partial charge in [0, 0.05) is 29.7 Å². The first kappa shape index (κ1) is 17.9. The number of benzene rings is 2. The van der Waals surface area contributed by atoms with Gasteiger partial charge in [0.1, 0.15) is 17.3 Å². The highest BCUT2D eigenvalue weighted by Gasteiger charge is 2.29. The van der Waals surface area contributed by atoms with Gasteiger partial charge >= 0.3 is 5.97 Å². The summed E-state index contributed by atoms with van der Waals surface area (Å²) in [6, 6.07) is 12.7. The number of methoxy groups -OCH3 is 1. The molecular formula is C21H17FN2O4. The van der Waals surface area contributed by atoms with Crippen LogP contribution in [-0.4, -0.2) is 35.6 Å². The van der Waals surface area contributed by atoms with Gasteiger partial charge in [-0.3, -0.25) is 4.79 Å². The zero-order valence-corrected chi connectivity index (χ0v) is 15.1. The molecule has 1 aliphatic rings. The van der Waals surface area contributed by atoms with Crippen molar-refractivity contribution in [3.05, 3.63) is 76.8 Å². The van der Waals surface area contributed by atoms with Crippen LogP contribution in [0.15, 0.2) is 53.1 Å². The van der Waals surface area contributed by atoms with Crippen molar-refractivity contribution in [3.63, 3.8) is 0 Å². The molecule has 7 heteroatoms. The van der Waals surface area contributed by atoms with Crippen LogP contribution >= 0.6 is 0 Å². The molecule has 4 rings (SSSR count). The van der Waals surface area contributed by atoms with E-state index in [2.05, 4.69) is 5.16 Å². The molecule has 1 aromatic heterocycles. The standard InChI is InChI=1S/C21H17FN2O4/c1-27-21(26)14-6-4-5-13(11-14)20(25)24-10-9-18-16(12-24)19(23-28-18)15-7-2-3-8-17(15)22/h2-8,11H,9-10,12H2,1H3. The van der Waals surface area contributed by atoms with Crippen LogP contribution in [0.3, 0.4) is 0 Å². The van der Waals surface area contributed by atoms with Crippen LogP contribution in [0.2, 0.25) is 0 Å². The predicted molar refractivity (Wildman–Crippen MR) is 98.1 cm³/mol. The van der Waals surface area contributed by atoms with Crippen molar-refractivity contribution in [2.45, 2.75) is 13.0 Å². The van der Waals surface area contributed by atoms with Gasteiger partial charge in [0.25, 0.3) is 5.91 Å². The maximum atomic E-state index is 14.2. The van der Waals surface area contributed by atoms with E-state index in [-0.39, 0.29) is 12.5 Å². The number of esters is 1. The molecular weight excluding hydrogens is 363 g/mol. The van der Waals surface area contributed by atoms with Crippen LogP contribution in [0.4, 0.5) is 4.39 Å². The van der Waals surface area contributed by atoms with Gasteiger partial charge < -0.3 is 14.2 Å². The summed E-state index contributed by atoms with van der Waals surface area (Å²) in [7, 11) is 1.29. The van der Waals surface area contributed by atoms with E-state index in [0.29, 0.717) is 46.7 Å². The lowest BCUT2D eigenvalue weighted by molar-refractivity contribution is 0.0600. The molecule has 0 atom stereocenters. The zero-order chi connectivity index (χ0) is 19.7. The number of carbonyl (C=O) groups is 2. The van der Waals surface area contributed by atoms with E-state index in [1.807, 2.05) is 0 Å². The average molecular weight is 380 g/mol. The Balaban J connectivity index is 1.63. The summed E-state index contributed by atoms with van der Waals surface area (Å²) in [5, 5.41) is 4.03. The predicted octanol–water partition coefficient (Wildman–Crippen LogP) is 3.47. The van der Waals surface area contributed by atoms with E-state index < -0.39 is 11.8 Å². The van der Waals surface area contributed by atoms with Crippen molar-refractivity contribution >= 4 is 11.9 Å². The molecule has 3 aromatic rings. The highest BCUT2D eigenvalue weighted by atomic mass is 19.1. The number of fused-ring (bicyclic) bond motifs is 1.